The second kappa shape index (κ2) is 7.27. The van der Waals surface area contributed by atoms with Crippen molar-refractivity contribution in [2.45, 2.75) is 64.1 Å². The van der Waals surface area contributed by atoms with E-state index >= 15 is 0 Å². The zero-order valence-electron chi connectivity index (χ0n) is 12.8. The van der Waals surface area contributed by atoms with Gasteiger partial charge in [-0.2, -0.15) is 0 Å². The van der Waals surface area contributed by atoms with Gasteiger partial charge >= 0.3 is 6.03 Å². The number of aliphatic hydroxyl groups excluding tert-OH is 1. The van der Waals surface area contributed by atoms with Gasteiger partial charge in [0.05, 0.1) is 12.6 Å². The highest BCUT2D eigenvalue weighted by Gasteiger charge is 2.32. The van der Waals surface area contributed by atoms with Gasteiger partial charge in [0.15, 0.2) is 0 Å². The van der Waals surface area contributed by atoms with Gasteiger partial charge in [0.1, 0.15) is 0 Å². The number of hydrogen-bond donors (Lipinski definition) is 3. The maximum atomic E-state index is 12.5. The van der Waals surface area contributed by atoms with E-state index in [0.717, 1.165) is 12.8 Å². The molecule has 0 aromatic rings. The molecule has 5 heteroatoms. The quantitative estimate of drug-likeness (QED) is 0.732. The Morgan fingerprint density at radius 3 is 2.65 bits per heavy atom. The van der Waals surface area contributed by atoms with Crippen LogP contribution in [0.4, 0.5) is 4.79 Å². The maximum Gasteiger partial charge on any atom is 0.318 e. The average Bonchev–Trinajstić information content (AvgIpc) is 2.47. The number of aliphatic hydroxyl groups is 1. The Kier molecular flexibility index (Phi) is 5.66. The molecule has 0 aromatic heterocycles. The van der Waals surface area contributed by atoms with E-state index in [1.807, 2.05) is 4.90 Å². The highest BCUT2D eigenvalue weighted by Crippen LogP contribution is 2.19. The summed E-state index contributed by atoms with van der Waals surface area (Å²) in [5, 5.41) is 16.1. The van der Waals surface area contributed by atoms with Crippen LogP contribution in [0.2, 0.25) is 0 Å². The van der Waals surface area contributed by atoms with Crippen molar-refractivity contribution in [1.82, 2.24) is 15.5 Å². The summed E-state index contributed by atoms with van der Waals surface area (Å²) >= 11 is 0. The van der Waals surface area contributed by atoms with E-state index in [1.54, 1.807) is 0 Å². The molecular formula is C15H29N3O2. The molecule has 2 rings (SSSR count). The number of amides is 2. The molecular weight excluding hydrogens is 254 g/mol. The standard InChI is InChI=1S/C15H29N3O2/c1-11(2)14-9-18(13(10-19)8-16-14)15(20)17-12-6-4-3-5-7-12/h11-14,16,19H,3-10H2,1-2H3,(H,17,20). The van der Waals surface area contributed by atoms with Gasteiger partial charge in [0.25, 0.3) is 0 Å². The summed E-state index contributed by atoms with van der Waals surface area (Å²) in [6.07, 6.45) is 5.90. The summed E-state index contributed by atoms with van der Waals surface area (Å²) in [6.45, 7) is 5.71. The Morgan fingerprint density at radius 1 is 1.35 bits per heavy atom. The Balaban J connectivity index is 1.93. The molecule has 1 heterocycles. The van der Waals surface area contributed by atoms with Crippen molar-refractivity contribution in [3.05, 3.63) is 0 Å². The Labute approximate surface area is 122 Å². The Bertz CT molecular complexity index is 316. The van der Waals surface area contributed by atoms with Crippen LogP contribution < -0.4 is 10.6 Å². The molecule has 1 saturated heterocycles. The van der Waals surface area contributed by atoms with E-state index in [1.165, 1.54) is 19.3 Å². The summed E-state index contributed by atoms with van der Waals surface area (Å²) in [4.78, 5) is 14.3. The van der Waals surface area contributed by atoms with Crippen LogP contribution in [0.25, 0.3) is 0 Å². The van der Waals surface area contributed by atoms with Crippen LogP contribution in [0.15, 0.2) is 0 Å². The first kappa shape index (κ1) is 15.6. The lowest BCUT2D eigenvalue weighted by Gasteiger charge is -2.41. The fourth-order valence-corrected chi connectivity index (χ4v) is 3.19. The third-order valence-corrected chi connectivity index (χ3v) is 4.66. The molecule has 20 heavy (non-hydrogen) atoms. The van der Waals surface area contributed by atoms with Gasteiger partial charge in [-0.25, -0.2) is 4.79 Å². The maximum absolute atomic E-state index is 12.5. The predicted molar refractivity (Wildman–Crippen MR) is 79.6 cm³/mol. The largest absolute Gasteiger partial charge is 0.394 e. The van der Waals surface area contributed by atoms with Crippen LogP contribution >= 0.6 is 0 Å². The SMILES string of the molecule is CC(C)C1CN(C(=O)NC2CCCCC2)C(CO)CN1. The number of rotatable bonds is 3. The normalized spacial score (nSPS) is 28.7. The number of carbonyl (C=O) groups excluding carboxylic acids is 1. The first-order valence-electron chi connectivity index (χ1n) is 8.03. The first-order valence-corrected chi connectivity index (χ1v) is 8.03. The molecule has 0 radical (unpaired) electrons. The summed E-state index contributed by atoms with van der Waals surface area (Å²) < 4.78 is 0. The summed E-state index contributed by atoms with van der Waals surface area (Å²) in [6, 6.07) is 0.537. The number of nitrogens with zero attached hydrogens (tertiary/aromatic N) is 1. The summed E-state index contributed by atoms with van der Waals surface area (Å²) in [5.74, 6) is 0.486. The first-order chi connectivity index (χ1) is 9.61. The van der Waals surface area contributed by atoms with Crippen molar-refractivity contribution in [1.29, 1.82) is 0 Å². The van der Waals surface area contributed by atoms with Gasteiger partial charge in [0.2, 0.25) is 0 Å². The lowest BCUT2D eigenvalue weighted by molar-refractivity contribution is 0.0883. The third kappa shape index (κ3) is 3.85. The van der Waals surface area contributed by atoms with Crippen LogP contribution in [-0.2, 0) is 0 Å². The fraction of sp³-hybridized carbons (Fsp3) is 0.933. The van der Waals surface area contributed by atoms with Gasteiger partial charge in [-0.05, 0) is 18.8 Å². The molecule has 2 amide bonds. The third-order valence-electron chi connectivity index (χ3n) is 4.66. The van der Waals surface area contributed by atoms with Crippen molar-refractivity contribution in [3.63, 3.8) is 0 Å². The van der Waals surface area contributed by atoms with Crippen LogP contribution in [0.3, 0.4) is 0 Å². The van der Waals surface area contributed by atoms with E-state index in [9.17, 15) is 9.90 Å². The number of urea groups is 1. The highest BCUT2D eigenvalue weighted by atomic mass is 16.3. The van der Waals surface area contributed by atoms with Gasteiger partial charge in [0, 0.05) is 25.2 Å². The molecule has 2 atom stereocenters. The van der Waals surface area contributed by atoms with E-state index in [2.05, 4.69) is 24.5 Å². The number of hydrogen-bond acceptors (Lipinski definition) is 3. The molecule has 1 saturated carbocycles. The molecule has 116 valence electrons. The second-order valence-corrected chi connectivity index (χ2v) is 6.53. The molecule has 5 nitrogen and oxygen atoms in total. The molecule has 0 spiro atoms. The van der Waals surface area contributed by atoms with E-state index in [-0.39, 0.29) is 18.7 Å². The van der Waals surface area contributed by atoms with E-state index < -0.39 is 0 Å². The Hall–Kier alpha value is -0.810. The predicted octanol–water partition coefficient (Wildman–Crippen LogP) is 1.32. The molecule has 3 N–H and O–H groups in total. The highest BCUT2D eigenvalue weighted by molar-refractivity contribution is 5.75. The minimum absolute atomic E-state index is 0.00287. The average molecular weight is 283 g/mol. The number of nitrogens with one attached hydrogen (secondary N) is 2. The molecule has 1 aliphatic carbocycles. The smallest absolute Gasteiger partial charge is 0.318 e. The van der Waals surface area contributed by atoms with E-state index in [0.29, 0.717) is 31.1 Å². The Morgan fingerprint density at radius 2 is 2.05 bits per heavy atom. The molecule has 2 aliphatic rings. The summed E-state index contributed by atoms with van der Waals surface area (Å²) in [7, 11) is 0. The van der Waals surface area contributed by atoms with Crippen LogP contribution in [0.1, 0.15) is 46.0 Å². The van der Waals surface area contributed by atoms with Crippen molar-refractivity contribution in [3.8, 4) is 0 Å². The molecule has 2 fully saturated rings. The molecule has 0 bridgehead atoms. The van der Waals surface area contributed by atoms with Gasteiger partial charge in [-0.15, -0.1) is 0 Å². The van der Waals surface area contributed by atoms with Gasteiger partial charge in [-0.3, -0.25) is 0 Å². The van der Waals surface area contributed by atoms with Crippen LogP contribution in [-0.4, -0.2) is 53.9 Å². The number of piperazine rings is 1. The van der Waals surface area contributed by atoms with Gasteiger partial charge in [-0.1, -0.05) is 33.1 Å². The van der Waals surface area contributed by atoms with Gasteiger partial charge < -0.3 is 20.6 Å². The minimum atomic E-state index is -0.103. The van der Waals surface area contributed by atoms with E-state index in [4.69, 9.17) is 0 Å². The molecule has 1 aliphatic heterocycles. The van der Waals surface area contributed by atoms with Crippen molar-refractivity contribution >= 4 is 6.03 Å². The zero-order chi connectivity index (χ0) is 14.5. The minimum Gasteiger partial charge on any atom is -0.394 e. The summed E-state index contributed by atoms with van der Waals surface area (Å²) in [5.41, 5.74) is 0. The van der Waals surface area contributed by atoms with Crippen molar-refractivity contribution < 1.29 is 9.90 Å². The number of carbonyl (C=O) groups is 1. The van der Waals surface area contributed by atoms with Crippen molar-refractivity contribution in [2.24, 2.45) is 5.92 Å². The van der Waals surface area contributed by atoms with Crippen LogP contribution in [0, 0.1) is 5.92 Å². The molecule has 2 unspecified atom stereocenters. The fourth-order valence-electron chi connectivity index (χ4n) is 3.19. The monoisotopic (exact) mass is 283 g/mol. The topological polar surface area (TPSA) is 64.6 Å². The van der Waals surface area contributed by atoms with Crippen molar-refractivity contribution in [2.75, 3.05) is 19.7 Å². The lowest BCUT2D eigenvalue weighted by Crippen LogP contribution is -2.63. The lowest BCUT2D eigenvalue weighted by atomic mass is 9.95. The second-order valence-electron chi connectivity index (χ2n) is 6.53. The molecule has 0 aromatic carbocycles. The zero-order valence-corrected chi connectivity index (χ0v) is 12.8. The van der Waals surface area contributed by atoms with Crippen LogP contribution in [0.5, 0.6) is 0 Å².